The number of nitrogens with zero attached hydrogens (tertiary/aromatic N) is 3. The number of piperazine rings is 1. The van der Waals surface area contributed by atoms with Crippen molar-refractivity contribution in [3.63, 3.8) is 0 Å². The Morgan fingerprint density at radius 3 is 2.39 bits per heavy atom. The number of likely N-dealkylation sites (N-methyl/N-ethyl adjacent to an activating group) is 1. The van der Waals surface area contributed by atoms with Crippen molar-refractivity contribution in [2.45, 2.75) is 0 Å². The van der Waals surface area contributed by atoms with Gasteiger partial charge in [-0.3, -0.25) is 4.90 Å². The van der Waals surface area contributed by atoms with Crippen LogP contribution in [0, 0.1) is 0 Å². The Labute approximate surface area is 140 Å². The molecule has 5 heteroatoms. The van der Waals surface area contributed by atoms with Crippen LogP contribution in [0.5, 0.6) is 0 Å². The Kier molecular flexibility index (Phi) is 8.39. The number of rotatable bonds is 10. The highest BCUT2D eigenvalue weighted by atomic mass is 16.5. The van der Waals surface area contributed by atoms with Crippen molar-refractivity contribution in [2.24, 2.45) is 0 Å². The zero-order valence-electron chi connectivity index (χ0n) is 14.6. The van der Waals surface area contributed by atoms with Crippen LogP contribution in [0.1, 0.15) is 0 Å². The fraction of sp³-hybridized carbons (Fsp3) is 0.667. The summed E-state index contributed by atoms with van der Waals surface area (Å²) in [7, 11) is 3.87. The second kappa shape index (κ2) is 10.6. The number of anilines is 1. The lowest BCUT2D eigenvalue weighted by molar-refractivity contribution is 0.0592. The molecule has 0 radical (unpaired) electrons. The lowest BCUT2D eigenvalue weighted by Crippen LogP contribution is -2.48. The molecule has 2 rings (SSSR count). The monoisotopic (exact) mass is 321 g/mol. The summed E-state index contributed by atoms with van der Waals surface area (Å²) in [5.41, 5.74) is 1.34. The molecule has 1 aliphatic rings. The van der Waals surface area contributed by atoms with Gasteiger partial charge in [0.2, 0.25) is 0 Å². The van der Waals surface area contributed by atoms with Gasteiger partial charge >= 0.3 is 0 Å². The van der Waals surface area contributed by atoms with E-state index in [9.17, 15) is 0 Å². The van der Waals surface area contributed by atoms with Gasteiger partial charge < -0.3 is 19.3 Å². The first-order valence-electron chi connectivity index (χ1n) is 8.57. The minimum atomic E-state index is 0.676. The Balaban J connectivity index is 1.56. The third-order valence-corrected chi connectivity index (χ3v) is 4.34. The molecule has 5 nitrogen and oxygen atoms in total. The van der Waals surface area contributed by atoms with Crippen LogP contribution in [0.2, 0.25) is 0 Å². The predicted octanol–water partition coefficient (Wildman–Crippen LogP) is 1.40. The van der Waals surface area contributed by atoms with E-state index in [1.54, 1.807) is 7.11 Å². The van der Waals surface area contributed by atoms with Crippen molar-refractivity contribution >= 4 is 5.69 Å². The molecule has 0 spiro atoms. The molecule has 0 saturated carbocycles. The van der Waals surface area contributed by atoms with Gasteiger partial charge in [-0.2, -0.15) is 0 Å². The molecule has 130 valence electrons. The van der Waals surface area contributed by atoms with Crippen LogP contribution in [-0.2, 0) is 9.47 Å². The lowest BCUT2D eigenvalue weighted by Gasteiger charge is -2.36. The van der Waals surface area contributed by atoms with E-state index in [2.05, 4.69) is 52.1 Å². The first-order chi connectivity index (χ1) is 11.3. The smallest absolute Gasteiger partial charge is 0.0700 e. The highest BCUT2D eigenvalue weighted by Crippen LogP contribution is 2.15. The predicted molar refractivity (Wildman–Crippen MR) is 95.3 cm³/mol. The summed E-state index contributed by atoms with van der Waals surface area (Å²) < 4.78 is 10.5. The molecule has 23 heavy (non-hydrogen) atoms. The zero-order valence-corrected chi connectivity index (χ0v) is 14.6. The number of hydrogen-bond donors (Lipinski definition) is 0. The molecule has 1 aromatic carbocycles. The maximum absolute atomic E-state index is 5.51. The molecule has 1 fully saturated rings. The van der Waals surface area contributed by atoms with Gasteiger partial charge in [0.25, 0.3) is 0 Å². The summed E-state index contributed by atoms with van der Waals surface area (Å²) in [5, 5.41) is 0. The van der Waals surface area contributed by atoms with Crippen LogP contribution in [-0.4, -0.2) is 89.6 Å². The zero-order chi connectivity index (χ0) is 16.3. The molecule has 1 aromatic rings. The van der Waals surface area contributed by atoms with E-state index in [1.807, 2.05) is 0 Å². The van der Waals surface area contributed by atoms with Gasteiger partial charge in [0, 0.05) is 58.6 Å². The number of methoxy groups -OCH3 is 1. The molecular formula is C18H31N3O2. The second-order valence-electron chi connectivity index (χ2n) is 6.07. The Hall–Kier alpha value is -1.14. The fourth-order valence-electron chi connectivity index (χ4n) is 2.76. The highest BCUT2D eigenvalue weighted by Gasteiger charge is 2.16. The summed E-state index contributed by atoms with van der Waals surface area (Å²) in [4.78, 5) is 7.38. The van der Waals surface area contributed by atoms with E-state index in [4.69, 9.17) is 9.47 Å². The van der Waals surface area contributed by atoms with Gasteiger partial charge in [-0.1, -0.05) is 18.2 Å². The van der Waals surface area contributed by atoms with E-state index in [1.165, 1.54) is 5.69 Å². The van der Waals surface area contributed by atoms with Crippen LogP contribution in [0.3, 0.4) is 0 Å². The summed E-state index contributed by atoms with van der Waals surface area (Å²) >= 11 is 0. The van der Waals surface area contributed by atoms with Crippen LogP contribution in [0.15, 0.2) is 30.3 Å². The van der Waals surface area contributed by atoms with Crippen molar-refractivity contribution in [3.8, 4) is 0 Å². The maximum atomic E-state index is 5.51. The number of benzene rings is 1. The molecule has 0 unspecified atom stereocenters. The van der Waals surface area contributed by atoms with E-state index < -0.39 is 0 Å². The molecule has 1 saturated heterocycles. The van der Waals surface area contributed by atoms with Crippen molar-refractivity contribution in [2.75, 3.05) is 84.7 Å². The summed E-state index contributed by atoms with van der Waals surface area (Å²) in [6.45, 7) is 9.88. The summed E-state index contributed by atoms with van der Waals surface area (Å²) in [6, 6.07) is 10.7. The van der Waals surface area contributed by atoms with Crippen LogP contribution < -0.4 is 4.90 Å². The standard InChI is InChI=1S/C18H31N3O2/c1-19(14-15-23-17-16-22-2)8-9-20-10-12-21(13-11-20)18-6-4-3-5-7-18/h3-7H,8-17H2,1-2H3. The molecule has 0 amide bonds. The van der Waals surface area contributed by atoms with Gasteiger partial charge in [-0.25, -0.2) is 0 Å². The van der Waals surface area contributed by atoms with Gasteiger partial charge in [-0.05, 0) is 19.2 Å². The van der Waals surface area contributed by atoms with Crippen LogP contribution >= 0.6 is 0 Å². The second-order valence-corrected chi connectivity index (χ2v) is 6.07. The highest BCUT2D eigenvalue weighted by molar-refractivity contribution is 5.46. The van der Waals surface area contributed by atoms with E-state index >= 15 is 0 Å². The third kappa shape index (κ3) is 6.87. The Bertz CT molecular complexity index is 408. The van der Waals surface area contributed by atoms with Crippen molar-refractivity contribution < 1.29 is 9.47 Å². The number of hydrogen-bond acceptors (Lipinski definition) is 5. The third-order valence-electron chi connectivity index (χ3n) is 4.34. The average molecular weight is 321 g/mol. The molecular weight excluding hydrogens is 290 g/mol. The first-order valence-corrected chi connectivity index (χ1v) is 8.57. The molecule has 0 atom stereocenters. The molecule has 0 N–H and O–H groups in total. The van der Waals surface area contributed by atoms with Gasteiger partial charge in [0.15, 0.2) is 0 Å². The lowest BCUT2D eigenvalue weighted by atomic mass is 10.2. The van der Waals surface area contributed by atoms with Gasteiger partial charge in [0.1, 0.15) is 0 Å². The number of ether oxygens (including phenoxy) is 2. The molecule has 0 aromatic heterocycles. The van der Waals surface area contributed by atoms with Crippen molar-refractivity contribution in [1.82, 2.24) is 9.80 Å². The van der Waals surface area contributed by atoms with Crippen molar-refractivity contribution in [1.29, 1.82) is 0 Å². The van der Waals surface area contributed by atoms with E-state index in [0.717, 1.165) is 52.4 Å². The summed E-state index contributed by atoms with van der Waals surface area (Å²) in [6.07, 6.45) is 0. The van der Waals surface area contributed by atoms with Gasteiger partial charge in [-0.15, -0.1) is 0 Å². The Morgan fingerprint density at radius 1 is 0.957 bits per heavy atom. The first kappa shape index (κ1) is 18.2. The minimum Gasteiger partial charge on any atom is -0.382 e. The molecule has 1 heterocycles. The quantitative estimate of drug-likeness (QED) is 0.608. The molecule has 0 aliphatic carbocycles. The largest absolute Gasteiger partial charge is 0.382 e. The normalized spacial score (nSPS) is 16.2. The Morgan fingerprint density at radius 2 is 1.70 bits per heavy atom. The van der Waals surface area contributed by atoms with Crippen LogP contribution in [0.25, 0.3) is 0 Å². The van der Waals surface area contributed by atoms with E-state index in [0.29, 0.717) is 13.2 Å². The van der Waals surface area contributed by atoms with E-state index in [-0.39, 0.29) is 0 Å². The number of para-hydroxylation sites is 1. The fourth-order valence-corrected chi connectivity index (χ4v) is 2.76. The molecule has 1 aliphatic heterocycles. The van der Waals surface area contributed by atoms with Gasteiger partial charge in [0.05, 0.1) is 19.8 Å². The molecule has 0 bridgehead atoms. The topological polar surface area (TPSA) is 28.2 Å². The average Bonchev–Trinajstić information content (AvgIpc) is 2.61. The minimum absolute atomic E-state index is 0.676. The summed E-state index contributed by atoms with van der Waals surface area (Å²) in [5.74, 6) is 0. The maximum Gasteiger partial charge on any atom is 0.0700 e. The van der Waals surface area contributed by atoms with Crippen LogP contribution in [0.4, 0.5) is 5.69 Å². The van der Waals surface area contributed by atoms with Crippen molar-refractivity contribution in [3.05, 3.63) is 30.3 Å². The SMILES string of the molecule is COCCOCCN(C)CCN1CCN(c2ccccc2)CC1.